The second kappa shape index (κ2) is 8.27. The fraction of sp³-hybridized carbons (Fsp3) is 0.600. The van der Waals surface area contributed by atoms with Crippen molar-refractivity contribution in [2.75, 3.05) is 19.8 Å². The average molecular weight is 289 g/mol. The number of rotatable bonds is 8. The molecule has 0 spiro atoms. The molecule has 1 atom stereocenters. The first-order valence-electron chi connectivity index (χ1n) is 6.98. The molecule has 0 aliphatic rings. The Morgan fingerprint density at radius 3 is 2.45 bits per heavy atom. The van der Waals surface area contributed by atoms with Crippen molar-refractivity contribution in [3.63, 3.8) is 0 Å². The zero-order valence-electron chi connectivity index (χ0n) is 12.0. The zero-order valence-corrected chi connectivity index (χ0v) is 12.0. The third-order valence-corrected chi connectivity index (χ3v) is 2.92. The van der Waals surface area contributed by atoms with Crippen molar-refractivity contribution in [3.05, 3.63) is 35.4 Å². The van der Waals surface area contributed by atoms with Crippen molar-refractivity contribution in [1.82, 2.24) is 5.32 Å². The minimum atomic E-state index is -4.34. The van der Waals surface area contributed by atoms with Crippen LogP contribution in [0.5, 0.6) is 0 Å². The standard InChI is InChI=1S/C15H22F3NO/c1-3-9-19-14(11-20-10-4-2)12-7-5-6-8-13(12)15(16,17)18/h5-8,14,19H,3-4,9-11H2,1-2H3. The lowest BCUT2D eigenvalue weighted by Gasteiger charge is -2.22. The Bertz CT molecular complexity index is 393. The molecule has 0 radical (unpaired) electrons. The van der Waals surface area contributed by atoms with Crippen LogP contribution in [-0.4, -0.2) is 19.8 Å². The summed E-state index contributed by atoms with van der Waals surface area (Å²) in [6, 6.07) is 5.25. The smallest absolute Gasteiger partial charge is 0.379 e. The van der Waals surface area contributed by atoms with Crippen LogP contribution in [0, 0.1) is 0 Å². The number of nitrogens with one attached hydrogen (secondary N) is 1. The molecule has 1 rings (SSSR count). The fourth-order valence-corrected chi connectivity index (χ4v) is 1.98. The number of ether oxygens (including phenoxy) is 1. The molecule has 0 aromatic heterocycles. The maximum Gasteiger partial charge on any atom is 0.416 e. The van der Waals surface area contributed by atoms with Crippen molar-refractivity contribution < 1.29 is 17.9 Å². The van der Waals surface area contributed by atoms with Crippen LogP contribution in [0.15, 0.2) is 24.3 Å². The van der Waals surface area contributed by atoms with Gasteiger partial charge >= 0.3 is 6.18 Å². The summed E-state index contributed by atoms with van der Waals surface area (Å²) in [4.78, 5) is 0. The van der Waals surface area contributed by atoms with Gasteiger partial charge in [0.2, 0.25) is 0 Å². The number of hydrogen-bond donors (Lipinski definition) is 1. The van der Waals surface area contributed by atoms with Gasteiger partial charge in [-0.1, -0.05) is 32.0 Å². The van der Waals surface area contributed by atoms with Crippen LogP contribution in [0.3, 0.4) is 0 Å². The lowest BCUT2D eigenvalue weighted by atomic mass is 10.00. The molecule has 1 N–H and O–H groups in total. The van der Waals surface area contributed by atoms with Gasteiger partial charge in [0.05, 0.1) is 18.2 Å². The second-order valence-corrected chi connectivity index (χ2v) is 4.67. The van der Waals surface area contributed by atoms with Gasteiger partial charge in [-0.3, -0.25) is 0 Å². The molecule has 0 fully saturated rings. The van der Waals surface area contributed by atoms with Gasteiger partial charge in [-0.05, 0) is 31.0 Å². The minimum absolute atomic E-state index is 0.251. The molecule has 2 nitrogen and oxygen atoms in total. The monoisotopic (exact) mass is 289 g/mol. The minimum Gasteiger partial charge on any atom is -0.379 e. The van der Waals surface area contributed by atoms with Gasteiger partial charge in [-0.15, -0.1) is 0 Å². The van der Waals surface area contributed by atoms with E-state index in [2.05, 4.69) is 5.32 Å². The summed E-state index contributed by atoms with van der Waals surface area (Å²) in [5, 5.41) is 3.13. The molecule has 0 saturated carbocycles. The molecule has 0 heterocycles. The highest BCUT2D eigenvalue weighted by molar-refractivity contribution is 5.32. The molecule has 0 amide bonds. The predicted molar refractivity (Wildman–Crippen MR) is 73.6 cm³/mol. The first-order valence-corrected chi connectivity index (χ1v) is 6.98. The SMILES string of the molecule is CCCNC(COCCC)c1ccccc1C(F)(F)F. The van der Waals surface area contributed by atoms with E-state index in [-0.39, 0.29) is 12.2 Å². The normalized spacial score (nSPS) is 13.4. The topological polar surface area (TPSA) is 21.3 Å². The average Bonchev–Trinajstić information content (AvgIpc) is 2.42. The molecule has 1 unspecified atom stereocenters. The van der Waals surface area contributed by atoms with E-state index in [0.717, 1.165) is 18.9 Å². The van der Waals surface area contributed by atoms with Crippen molar-refractivity contribution in [3.8, 4) is 0 Å². The van der Waals surface area contributed by atoms with Gasteiger partial charge in [-0.25, -0.2) is 0 Å². The van der Waals surface area contributed by atoms with Crippen molar-refractivity contribution in [1.29, 1.82) is 0 Å². The molecular weight excluding hydrogens is 267 g/mol. The van der Waals surface area contributed by atoms with E-state index in [1.165, 1.54) is 12.1 Å². The number of halogens is 3. The van der Waals surface area contributed by atoms with Crippen LogP contribution in [0.25, 0.3) is 0 Å². The van der Waals surface area contributed by atoms with Gasteiger partial charge < -0.3 is 10.1 Å². The third-order valence-electron chi connectivity index (χ3n) is 2.92. The van der Waals surface area contributed by atoms with Crippen LogP contribution >= 0.6 is 0 Å². The molecule has 0 aliphatic heterocycles. The van der Waals surface area contributed by atoms with E-state index in [1.807, 2.05) is 13.8 Å². The van der Waals surface area contributed by atoms with E-state index >= 15 is 0 Å². The van der Waals surface area contributed by atoms with Gasteiger partial charge in [0, 0.05) is 6.61 Å². The van der Waals surface area contributed by atoms with Crippen molar-refractivity contribution in [2.45, 2.75) is 38.9 Å². The van der Waals surface area contributed by atoms with Gasteiger partial charge in [0.15, 0.2) is 0 Å². The molecule has 1 aromatic rings. The van der Waals surface area contributed by atoms with Crippen molar-refractivity contribution >= 4 is 0 Å². The quantitative estimate of drug-likeness (QED) is 0.725. The van der Waals surface area contributed by atoms with Gasteiger partial charge in [0.25, 0.3) is 0 Å². The van der Waals surface area contributed by atoms with E-state index in [1.54, 1.807) is 6.07 Å². The fourth-order valence-electron chi connectivity index (χ4n) is 1.98. The highest BCUT2D eigenvalue weighted by atomic mass is 19.4. The Balaban J connectivity index is 2.94. The molecule has 114 valence electrons. The van der Waals surface area contributed by atoms with Crippen molar-refractivity contribution in [2.24, 2.45) is 0 Å². The summed E-state index contributed by atoms with van der Waals surface area (Å²) in [6.45, 7) is 5.41. The summed E-state index contributed by atoms with van der Waals surface area (Å²) in [7, 11) is 0. The van der Waals surface area contributed by atoms with E-state index in [0.29, 0.717) is 13.2 Å². The van der Waals surface area contributed by atoms with Crippen LogP contribution in [0.1, 0.15) is 43.9 Å². The highest BCUT2D eigenvalue weighted by Crippen LogP contribution is 2.34. The third kappa shape index (κ3) is 5.13. The summed E-state index contributed by atoms with van der Waals surface area (Å²) in [6.07, 6.45) is -2.63. The number of alkyl halides is 3. The van der Waals surface area contributed by atoms with Crippen LogP contribution in [0.4, 0.5) is 13.2 Å². The zero-order chi connectivity index (χ0) is 15.0. The van der Waals surface area contributed by atoms with E-state index in [4.69, 9.17) is 4.74 Å². The lowest BCUT2D eigenvalue weighted by Crippen LogP contribution is -2.28. The first-order chi connectivity index (χ1) is 9.50. The molecule has 0 aliphatic carbocycles. The predicted octanol–water partition coefficient (Wildman–Crippen LogP) is 4.17. The first kappa shape index (κ1) is 17.0. The molecule has 0 saturated heterocycles. The van der Waals surface area contributed by atoms with Crippen LogP contribution in [0.2, 0.25) is 0 Å². The Kier molecular flexibility index (Phi) is 7.02. The van der Waals surface area contributed by atoms with Gasteiger partial charge in [0.1, 0.15) is 0 Å². The summed E-state index contributed by atoms with van der Waals surface area (Å²) >= 11 is 0. The maximum atomic E-state index is 13.1. The Morgan fingerprint density at radius 1 is 1.15 bits per heavy atom. The van der Waals surface area contributed by atoms with Crippen LogP contribution < -0.4 is 5.32 Å². The van der Waals surface area contributed by atoms with Crippen LogP contribution in [-0.2, 0) is 10.9 Å². The summed E-state index contributed by atoms with van der Waals surface area (Å²) in [5.41, 5.74) is -0.335. The Labute approximate surface area is 118 Å². The summed E-state index contributed by atoms with van der Waals surface area (Å²) < 4.78 is 44.6. The molecule has 0 bridgehead atoms. The number of hydrogen-bond acceptors (Lipinski definition) is 2. The Hall–Kier alpha value is -1.07. The molecule has 5 heteroatoms. The highest BCUT2D eigenvalue weighted by Gasteiger charge is 2.34. The van der Waals surface area contributed by atoms with E-state index < -0.39 is 17.8 Å². The lowest BCUT2D eigenvalue weighted by molar-refractivity contribution is -0.138. The van der Waals surface area contributed by atoms with E-state index in [9.17, 15) is 13.2 Å². The molecule has 1 aromatic carbocycles. The number of benzene rings is 1. The molecule has 20 heavy (non-hydrogen) atoms. The second-order valence-electron chi connectivity index (χ2n) is 4.67. The maximum absolute atomic E-state index is 13.1. The largest absolute Gasteiger partial charge is 0.416 e. The Morgan fingerprint density at radius 2 is 1.85 bits per heavy atom. The van der Waals surface area contributed by atoms with Gasteiger partial charge in [-0.2, -0.15) is 13.2 Å². The summed E-state index contributed by atoms with van der Waals surface area (Å²) in [5.74, 6) is 0. The molecular formula is C15H22F3NO.